The lowest BCUT2D eigenvalue weighted by Crippen LogP contribution is -1.87. The summed E-state index contributed by atoms with van der Waals surface area (Å²) in [6.07, 6.45) is 9.66. The molecule has 92 valence electrons. The van der Waals surface area contributed by atoms with Crippen molar-refractivity contribution in [2.45, 2.75) is 52.9 Å². The highest BCUT2D eigenvalue weighted by Gasteiger charge is 1.93. The van der Waals surface area contributed by atoms with Crippen molar-refractivity contribution in [1.29, 1.82) is 0 Å². The summed E-state index contributed by atoms with van der Waals surface area (Å²) in [6.45, 7) is 10.6. The van der Waals surface area contributed by atoms with Crippen LogP contribution in [0, 0.1) is 0 Å². The van der Waals surface area contributed by atoms with Crippen LogP contribution in [0.3, 0.4) is 0 Å². The van der Waals surface area contributed by atoms with Crippen LogP contribution in [0.25, 0.3) is 0 Å². The molecular weight excluding hydrogens is 196 g/mol. The fourth-order valence-electron chi connectivity index (χ4n) is 1.50. The lowest BCUT2D eigenvalue weighted by molar-refractivity contribution is 0.298. The van der Waals surface area contributed by atoms with Gasteiger partial charge in [0.15, 0.2) is 0 Å². The number of aliphatic hydroxyl groups is 1. The van der Waals surface area contributed by atoms with E-state index in [-0.39, 0.29) is 6.61 Å². The summed E-state index contributed by atoms with van der Waals surface area (Å²) < 4.78 is 0. The molecule has 0 aromatic carbocycles. The van der Waals surface area contributed by atoms with Gasteiger partial charge in [-0.2, -0.15) is 0 Å². The Morgan fingerprint density at radius 1 is 1.00 bits per heavy atom. The first-order chi connectivity index (χ1) is 7.56. The Balaban J connectivity index is 3.70. The SMILES string of the molecule is C=C(CCO)CC/C=C(\C)CCC=C(C)C. The summed E-state index contributed by atoms with van der Waals surface area (Å²) in [5, 5.41) is 8.73. The highest BCUT2D eigenvalue weighted by molar-refractivity contribution is 5.04. The average Bonchev–Trinajstić information content (AvgIpc) is 2.17. The summed E-state index contributed by atoms with van der Waals surface area (Å²) in [5.41, 5.74) is 3.99. The molecule has 0 spiro atoms. The van der Waals surface area contributed by atoms with Gasteiger partial charge in [0.05, 0.1) is 0 Å². The molecule has 0 saturated carbocycles. The second-order valence-electron chi connectivity index (χ2n) is 4.63. The third-order valence-electron chi connectivity index (χ3n) is 2.55. The lowest BCUT2D eigenvalue weighted by Gasteiger charge is -2.02. The van der Waals surface area contributed by atoms with Crippen LogP contribution in [0.5, 0.6) is 0 Å². The van der Waals surface area contributed by atoms with Gasteiger partial charge in [0.2, 0.25) is 0 Å². The highest BCUT2D eigenvalue weighted by Crippen LogP contribution is 2.12. The van der Waals surface area contributed by atoms with E-state index in [0.717, 1.165) is 37.7 Å². The highest BCUT2D eigenvalue weighted by atomic mass is 16.2. The molecule has 0 aliphatic carbocycles. The Kier molecular flexibility index (Phi) is 8.93. The van der Waals surface area contributed by atoms with Crippen molar-refractivity contribution in [2.75, 3.05) is 6.61 Å². The monoisotopic (exact) mass is 222 g/mol. The van der Waals surface area contributed by atoms with Gasteiger partial charge in [0, 0.05) is 6.61 Å². The molecule has 0 aromatic heterocycles. The standard InChI is InChI=1S/C15H26O/c1-13(2)7-5-8-14(3)9-6-10-15(4)11-12-16/h7,9,16H,4-6,8,10-12H2,1-3H3/b14-9+. The van der Waals surface area contributed by atoms with Gasteiger partial charge in [-0.25, -0.2) is 0 Å². The van der Waals surface area contributed by atoms with E-state index in [4.69, 9.17) is 5.11 Å². The van der Waals surface area contributed by atoms with Crippen LogP contribution in [-0.2, 0) is 0 Å². The molecule has 0 aromatic rings. The lowest BCUT2D eigenvalue weighted by atomic mass is 10.1. The summed E-state index contributed by atoms with van der Waals surface area (Å²) in [4.78, 5) is 0. The fourth-order valence-corrected chi connectivity index (χ4v) is 1.50. The zero-order valence-corrected chi connectivity index (χ0v) is 11.1. The minimum atomic E-state index is 0.224. The van der Waals surface area contributed by atoms with Gasteiger partial charge >= 0.3 is 0 Å². The van der Waals surface area contributed by atoms with Crippen molar-refractivity contribution in [3.05, 3.63) is 35.5 Å². The topological polar surface area (TPSA) is 20.2 Å². The maximum Gasteiger partial charge on any atom is 0.0468 e. The van der Waals surface area contributed by atoms with Gasteiger partial charge in [-0.05, 0) is 52.9 Å². The first-order valence-electron chi connectivity index (χ1n) is 6.12. The summed E-state index contributed by atoms with van der Waals surface area (Å²) in [7, 11) is 0. The molecule has 0 heterocycles. The Morgan fingerprint density at radius 2 is 1.62 bits per heavy atom. The molecule has 0 unspecified atom stereocenters. The summed E-state index contributed by atoms with van der Waals surface area (Å²) in [5.74, 6) is 0. The molecule has 0 bridgehead atoms. The Hall–Kier alpha value is -0.820. The van der Waals surface area contributed by atoms with Crippen LogP contribution in [0.1, 0.15) is 52.9 Å². The smallest absolute Gasteiger partial charge is 0.0468 e. The molecule has 16 heavy (non-hydrogen) atoms. The van der Waals surface area contributed by atoms with E-state index in [1.54, 1.807) is 0 Å². The fraction of sp³-hybridized carbons (Fsp3) is 0.600. The molecule has 0 atom stereocenters. The third kappa shape index (κ3) is 9.72. The zero-order valence-electron chi connectivity index (χ0n) is 11.1. The van der Waals surface area contributed by atoms with Gasteiger partial charge in [0.1, 0.15) is 0 Å². The first-order valence-corrected chi connectivity index (χ1v) is 6.12. The van der Waals surface area contributed by atoms with E-state index in [9.17, 15) is 0 Å². The van der Waals surface area contributed by atoms with Gasteiger partial charge < -0.3 is 5.11 Å². The quantitative estimate of drug-likeness (QED) is 0.604. The second-order valence-corrected chi connectivity index (χ2v) is 4.63. The largest absolute Gasteiger partial charge is 0.396 e. The van der Waals surface area contributed by atoms with Gasteiger partial charge in [-0.3, -0.25) is 0 Å². The number of aliphatic hydroxyl groups excluding tert-OH is 1. The molecule has 0 radical (unpaired) electrons. The van der Waals surface area contributed by atoms with Crippen molar-refractivity contribution in [3.8, 4) is 0 Å². The average molecular weight is 222 g/mol. The predicted molar refractivity (Wildman–Crippen MR) is 72.5 cm³/mol. The third-order valence-corrected chi connectivity index (χ3v) is 2.55. The molecule has 0 rings (SSSR count). The van der Waals surface area contributed by atoms with Crippen LogP contribution >= 0.6 is 0 Å². The molecule has 0 saturated heterocycles. The molecule has 1 N–H and O–H groups in total. The molecule has 1 heteroatoms. The van der Waals surface area contributed by atoms with E-state index in [2.05, 4.69) is 39.5 Å². The maximum absolute atomic E-state index is 8.73. The zero-order chi connectivity index (χ0) is 12.4. The molecule has 1 nitrogen and oxygen atoms in total. The van der Waals surface area contributed by atoms with Crippen LogP contribution in [0.2, 0.25) is 0 Å². The normalized spacial score (nSPS) is 11.4. The molecule has 0 aliphatic rings. The number of allylic oxidation sites excluding steroid dienone is 4. The Morgan fingerprint density at radius 3 is 2.19 bits per heavy atom. The minimum Gasteiger partial charge on any atom is -0.396 e. The van der Waals surface area contributed by atoms with E-state index in [1.807, 2.05) is 0 Å². The molecule has 0 fully saturated rings. The Labute approximate surface area is 101 Å². The van der Waals surface area contributed by atoms with E-state index < -0.39 is 0 Å². The van der Waals surface area contributed by atoms with Crippen molar-refractivity contribution in [2.24, 2.45) is 0 Å². The van der Waals surface area contributed by atoms with Crippen LogP contribution < -0.4 is 0 Å². The van der Waals surface area contributed by atoms with E-state index in [1.165, 1.54) is 11.1 Å². The number of rotatable bonds is 8. The summed E-state index contributed by atoms with van der Waals surface area (Å²) >= 11 is 0. The van der Waals surface area contributed by atoms with Crippen LogP contribution in [-0.4, -0.2) is 11.7 Å². The molecule has 0 aliphatic heterocycles. The van der Waals surface area contributed by atoms with Crippen molar-refractivity contribution in [3.63, 3.8) is 0 Å². The first kappa shape index (κ1) is 15.2. The molecule has 0 amide bonds. The van der Waals surface area contributed by atoms with Crippen molar-refractivity contribution >= 4 is 0 Å². The van der Waals surface area contributed by atoms with Gasteiger partial charge in [0.25, 0.3) is 0 Å². The second kappa shape index (κ2) is 9.41. The number of hydrogen-bond donors (Lipinski definition) is 1. The summed E-state index contributed by atoms with van der Waals surface area (Å²) in [6, 6.07) is 0. The van der Waals surface area contributed by atoms with Crippen molar-refractivity contribution in [1.82, 2.24) is 0 Å². The predicted octanol–water partition coefficient (Wildman–Crippen LogP) is 4.40. The van der Waals surface area contributed by atoms with Crippen molar-refractivity contribution < 1.29 is 5.11 Å². The van der Waals surface area contributed by atoms with Crippen LogP contribution in [0.15, 0.2) is 35.5 Å². The van der Waals surface area contributed by atoms with Gasteiger partial charge in [-0.1, -0.05) is 35.5 Å². The minimum absolute atomic E-state index is 0.224. The molecular formula is C15H26O. The maximum atomic E-state index is 8.73. The van der Waals surface area contributed by atoms with Gasteiger partial charge in [-0.15, -0.1) is 0 Å². The number of hydrogen-bond acceptors (Lipinski definition) is 1. The van der Waals surface area contributed by atoms with E-state index >= 15 is 0 Å². The van der Waals surface area contributed by atoms with Crippen LogP contribution in [0.4, 0.5) is 0 Å². The Bertz CT molecular complexity index is 255. The van der Waals surface area contributed by atoms with E-state index in [0.29, 0.717) is 0 Å².